The van der Waals surface area contributed by atoms with E-state index in [1.165, 1.54) is 12.1 Å². The van der Waals surface area contributed by atoms with E-state index in [1.54, 1.807) is 49.6 Å². The quantitative estimate of drug-likeness (QED) is 0.239. The molecule has 0 saturated carbocycles. The Labute approximate surface area is 242 Å². The number of benzene rings is 4. The summed E-state index contributed by atoms with van der Waals surface area (Å²) >= 11 is 6.02. The number of methoxy groups -OCH3 is 1. The van der Waals surface area contributed by atoms with Crippen LogP contribution in [-0.2, 0) is 11.3 Å². The van der Waals surface area contributed by atoms with Gasteiger partial charge in [-0.2, -0.15) is 0 Å². The Morgan fingerprint density at radius 2 is 1.71 bits per heavy atom. The van der Waals surface area contributed by atoms with Gasteiger partial charge in [-0.15, -0.1) is 0 Å². The van der Waals surface area contributed by atoms with Gasteiger partial charge in [0.15, 0.2) is 0 Å². The van der Waals surface area contributed by atoms with Gasteiger partial charge in [0.05, 0.1) is 24.4 Å². The fourth-order valence-electron chi connectivity index (χ4n) is 4.83. The molecule has 0 aliphatic carbocycles. The third kappa shape index (κ3) is 7.22. The first-order chi connectivity index (χ1) is 19.9. The van der Waals surface area contributed by atoms with Gasteiger partial charge in [0.1, 0.15) is 17.7 Å². The van der Waals surface area contributed by atoms with Crippen LogP contribution in [0.5, 0.6) is 5.75 Å². The van der Waals surface area contributed by atoms with E-state index in [0.29, 0.717) is 30.2 Å². The molecule has 1 fully saturated rings. The number of hydrogen-bond donors (Lipinski definition) is 2. The van der Waals surface area contributed by atoms with Crippen LogP contribution in [0.1, 0.15) is 15.9 Å². The molecule has 1 heterocycles. The molecule has 0 bridgehead atoms. The van der Waals surface area contributed by atoms with Crippen LogP contribution < -0.4 is 15.4 Å². The zero-order valence-electron chi connectivity index (χ0n) is 22.3. The highest BCUT2D eigenvalue weighted by molar-refractivity contribution is 6.30. The van der Waals surface area contributed by atoms with Crippen molar-refractivity contribution in [3.63, 3.8) is 0 Å². The highest BCUT2D eigenvalue weighted by Gasteiger charge is 2.37. The number of nitrogens with zero attached hydrogens (tertiary/aromatic N) is 1. The summed E-state index contributed by atoms with van der Waals surface area (Å²) in [5.41, 5.74) is 3.23. The molecule has 41 heavy (non-hydrogen) atoms. The predicted octanol–water partition coefficient (Wildman–Crippen LogP) is 6.39. The molecule has 2 N–H and O–H groups in total. The fraction of sp³-hybridized carbons (Fsp3) is 0.188. The number of nitrogens with one attached hydrogen (secondary N) is 2. The van der Waals surface area contributed by atoms with Gasteiger partial charge < -0.3 is 20.1 Å². The summed E-state index contributed by atoms with van der Waals surface area (Å²) in [5, 5.41) is 6.04. The Morgan fingerprint density at radius 3 is 2.49 bits per heavy atom. The fourth-order valence-corrected chi connectivity index (χ4v) is 4.96. The second kappa shape index (κ2) is 12.8. The van der Waals surface area contributed by atoms with E-state index in [1.807, 2.05) is 42.5 Å². The van der Waals surface area contributed by atoms with Crippen molar-refractivity contribution in [3.8, 4) is 16.9 Å². The first kappa shape index (κ1) is 28.1. The lowest BCUT2D eigenvalue weighted by Crippen LogP contribution is -2.46. The lowest BCUT2D eigenvalue weighted by atomic mass is 10.0. The summed E-state index contributed by atoms with van der Waals surface area (Å²) in [7, 11) is 1.61. The third-order valence-corrected chi connectivity index (χ3v) is 7.11. The van der Waals surface area contributed by atoms with Crippen molar-refractivity contribution in [2.75, 3.05) is 25.5 Å². The number of para-hydroxylation sites is 1. The van der Waals surface area contributed by atoms with Gasteiger partial charge in [-0.3, -0.25) is 4.90 Å². The molecule has 2 atom stereocenters. The molecule has 1 aliphatic heterocycles. The molecule has 1 saturated heterocycles. The normalized spacial score (nSPS) is 16.7. The Bertz CT molecular complexity index is 1530. The van der Waals surface area contributed by atoms with E-state index in [4.69, 9.17) is 21.1 Å². The van der Waals surface area contributed by atoms with Crippen LogP contribution in [0.15, 0.2) is 97.1 Å². The van der Waals surface area contributed by atoms with Gasteiger partial charge in [-0.05, 0) is 65.2 Å². The van der Waals surface area contributed by atoms with Crippen LogP contribution >= 0.6 is 11.6 Å². The monoisotopic (exact) mass is 573 g/mol. The maximum absolute atomic E-state index is 14.1. The van der Waals surface area contributed by atoms with E-state index in [0.717, 1.165) is 22.4 Å². The summed E-state index contributed by atoms with van der Waals surface area (Å²) in [6.07, 6.45) is -0.640. The first-order valence-corrected chi connectivity index (χ1v) is 13.5. The van der Waals surface area contributed by atoms with E-state index in [-0.39, 0.29) is 5.69 Å². The van der Waals surface area contributed by atoms with Gasteiger partial charge in [-0.25, -0.2) is 14.0 Å². The van der Waals surface area contributed by atoms with Crippen LogP contribution in [0, 0.1) is 5.82 Å². The van der Waals surface area contributed by atoms with Gasteiger partial charge in [0, 0.05) is 24.7 Å². The first-order valence-electron chi connectivity index (χ1n) is 13.1. The van der Waals surface area contributed by atoms with E-state index in [2.05, 4.69) is 15.5 Å². The summed E-state index contributed by atoms with van der Waals surface area (Å²) in [5.74, 6) is -0.309. The molecule has 1 aliphatic rings. The standard InChI is InChI=1S/C32H29ClFN3O4/c1-40-26-9-4-6-21(16-26)18-37-19-29(36-32(39)35-28-11-3-2-10-27(28)34)30(20-37)41-31(38)24-8-5-7-23(17-24)22-12-14-25(33)15-13-22/h2-17,29-30H,18-20H2,1H3,(H2,35,36,39)/t29?,30-/m0/s1. The highest BCUT2D eigenvalue weighted by Crippen LogP contribution is 2.25. The average molecular weight is 574 g/mol. The minimum atomic E-state index is -0.640. The van der Waals surface area contributed by atoms with Gasteiger partial charge >= 0.3 is 12.0 Å². The molecule has 5 rings (SSSR count). The molecule has 0 radical (unpaired) electrons. The molecule has 7 nitrogen and oxygen atoms in total. The highest BCUT2D eigenvalue weighted by atomic mass is 35.5. The molecule has 0 aromatic heterocycles. The summed E-state index contributed by atoms with van der Waals surface area (Å²) in [4.78, 5) is 28.2. The molecule has 4 aromatic rings. The van der Waals surface area contributed by atoms with Gasteiger partial charge in [-0.1, -0.05) is 60.1 Å². The Balaban J connectivity index is 1.32. The zero-order chi connectivity index (χ0) is 28.8. The number of hydrogen-bond acceptors (Lipinski definition) is 5. The number of halogens is 2. The number of carbonyl (C=O) groups is 2. The number of carbonyl (C=O) groups excluding carboxylic acids is 2. The summed E-state index contributed by atoms with van der Waals surface area (Å²) < 4.78 is 25.4. The minimum absolute atomic E-state index is 0.0591. The third-order valence-electron chi connectivity index (χ3n) is 6.85. The number of ether oxygens (including phenoxy) is 2. The second-order valence-electron chi connectivity index (χ2n) is 9.76. The molecule has 4 aromatic carbocycles. The van der Waals surface area contributed by atoms with Crippen molar-refractivity contribution in [3.05, 3.63) is 119 Å². The lowest BCUT2D eigenvalue weighted by Gasteiger charge is -2.21. The maximum atomic E-state index is 14.1. The summed E-state index contributed by atoms with van der Waals surface area (Å²) in [6, 6.07) is 27.0. The van der Waals surface area contributed by atoms with Gasteiger partial charge in [0.25, 0.3) is 0 Å². The Morgan fingerprint density at radius 1 is 0.927 bits per heavy atom. The largest absolute Gasteiger partial charge is 0.497 e. The Hall–Kier alpha value is -4.40. The van der Waals surface area contributed by atoms with Gasteiger partial charge in [0.2, 0.25) is 0 Å². The molecule has 0 spiro atoms. The number of likely N-dealkylation sites (tertiary alicyclic amines) is 1. The van der Waals surface area contributed by atoms with Crippen molar-refractivity contribution in [1.82, 2.24) is 10.2 Å². The van der Waals surface area contributed by atoms with Crippen molar-refractivity contribution in [2.24, 2.45) is 0 Å². The number of anilines is 1. The number of amides is 2. The molecule has 210 valence electrons. The number of rotatable bonds is 8. The zero-order valence-corrected chi connectivity index (χ0v) is 23.1. The topological polar surface area (TPSA) is 79.9 Å². The SMILES string of the molecule is COc1cccc(CN2CC(NC(=O)Nc3ccccc3F)[C@@H](OC(=O)c3cccc(-c4ccc(Cl)cc4)c3)C2)c1. The summed E-state index contributed by atoms with van der Waals surface area (Å²) in [6.45, 7) is 1.37. The van der Waals surface area contributed by atoms with Crippen molar-refractivity contribution >= 4 is 29.3 Å². The molecule has 9 heteroatoms. The minimum Gasteiger partial charge on any atom is -0.497 e. The van der Waals surface area contributed by atoms with Crippen LogP contribution in [-0.4, -0.2) is 49.2 Å². The van der Waals surface area contributed by atoms with E-state index >= 15 is 0 Å². The second-order valence-corrected chi connectivity index (χ2v) is 10.2. The molecular weight excluding hydrogens is 545 g/mol. The lowest BCUT2D eigenvalue weighted by molar-refractivity contribution is 0.0277. The number of urea groups is 1. The number of esters is 1. The molecular formula is C32H29ClFN3O4. The van der Waals surface area contributed by atoms with E-state index in [9.17, 15) is 14.0 Å². The van der Waals surface area contributed by atoms with Crippen molar-refractivity contribution < 1.29 is 23.5 Å². The van der Waals surface area contributed by atoms with Crippen molar-refractivity contribution in [2.45, 2.75) is 18.7 Å². The average Bonchev–Trinajstić information content (AvgIpc) is 3.34. The van der Waals surface area contributed by atoms with Crippen LogP contribution in [0.3, 0.4) is 0 Å². The van der Waals surface area contributed by atoms with Crippen molar-refractivity contribution in [1.29, 1.82) is 0 Å². The van der Waals surface area contributed by atoms with Crippen LogP contribution in [0.25, 0.3) is 11.1 Å². The van der Waals surface area contributed by atoms with Crippen LogP contribution in [0.2, 0.25) is 5.02 Å². The smallest absolute Gasteiger partial charge is 0.338 e. The molecule has 2 amide bonds. The predicted molar refractivity (Wildman–Crippen MR) is 157 cm³/mol. The Kier molecular flexibility index (Phi) is 8.82. The molecule has 1 unspecified atom stereocenters. The van der Waals surface area contributed by atoms with Crippen LogP contribution in [0.4, 0.5) is 14.9 Å². The van der Waals surface area contributed by atoms with E-state index < -0.39 is 30.0 Å². The maximum Gasteiger partial charge on any atom is 0.338 e.